The topological polar surface area (TPSA) is 80.2 Å². The summed E-state index contributed by atoms with van der Waals surface area (Å²) in [4.78, 5) is 7.79. The van der Waals surface area contributed by atoms with Crippen LogP contribution in [0, 0.1) is 6.92 Å². The zero-order valence-electron chi connectivity index (χ0n) is 7.14. The predicted molar refractivity (Wildman–Crippen MR) is 46.9 cm³/mol. The molecule has 0 unspecified atom stereocenters. The molecule has 0 aliphatic rings. The van der Waals surface area contributed by atoms with E-state index in [1.807, 2.05) is 6.92 Å². The third kappa shape index (κ3) is 3.95. The lowest BCUT2D eigenvalue weighted by Gasteiger charge is -1.97. The van der Waals surface area contributed by atoms with Crippen LogP contribution in [0.25, 0.3) is 0 Å². The molecule has 0 spiro atoms. The van der Waals surface area contributed by atoms with Gasteiger partial charge in [0.15, 0.2) is 0 Å². The van der Waals surface area contributed by atoms with Gasteiger partial charge in [-0.3, -0.25) is 4.55 Å². The van der Waals surface area contributed by atoms with Crippen LogP contribution in [0.1, 0.15) is 11.4 Å². The smallest absolute Gasteiger partial charge is 0.265 e. The molecule has 0 radical (unpaired) electrons. The number of hydrogen-bond acceptors (Lipinski definition) is 4. The summed E-state index contributed by atoms with van der Waals surface area (Å²) in [6.45, 7) is 1.84. The number of aryl methyl sites for hydroxylation is 2. The number of hydrogen-bond donors (Lipinski definition) is 1. The molecule has 1 aromatic heterocycles. The maximum absolute atomic E-state index is 10.4. The maximum atomic E-state index is 10.4. The van der Waals surface area contributed by atoms with Gasteiger partial charge in [0.05, 0.1) is 5.75 Å². The molecule has 1 heterocycles. The molecule has 0 bridgehead atoms. The average molecular weight is 202 g/mol. The van der Waals surface area contributed by atoms with Crippen LogP contribution in [0.15, 0.2) is 12.4 Å². The Hall–Kier alpha value is -1.01. The van der Waals surface area contributed by atoms with Crippen LogP contribution in [-0.2, 0) is 16.5 Å². The van der Waals surface area contributed by atoms with Crippen molar-refractivity contribution in [1.82, 2.24) is 9.97 Å². The van der Waals surface area contributed by atoms with Crippen molar-refractivity contribution in [3.05, 3.63) is 23.8 Å². The molecule has 13 heavy (non-hydrogen) atoms. The first-order valence-corrected chi connectivity index (χ1v) is 5.31. The van der Waals surface area contributed by atoms with E-state index in [2.05, 4.69) is 9.97 Å². The van der Waals surface area contributed by atoms with Gasteiger partial charge in [-0.05, 0) is 12.5 Å². The van der Waals surface area contributed by atoms with Crippen molar-refractivity contribution >= 4 is 10.1 Å². The van der Waals surface area contributed by atoms with Crippen LogP contribution >= 0.6 is 0 Å². The van der Waals surface area contributed by atoms with Crippen molar-refractivity contribution in [3.63, 3.8) is 0 Å². The summed E-state index contributed by atoms with van der Waals surface area (Å²) in [5.74, 6) is 0.0824. The van der Waals surface area contributed by atoms with E-state index in [4.69, 9.17) is 4.55 Å². The molecule has 0 amide bonds. The third-order valence-corrected chi connectivity index (χ3v) is 2.14. The Bertz CT molecular complexity index is 371. The normalized spacial score (nSPS) is 11.5. The molecular weight excluding hydrogens is 192 g/mol. The number of rotatable bonds is 3. The Balaban J connectivity index is 2.61. The second-order valence-electron chi connectivity index (χ2n) is 2.71. The highest BCUT2D eigenvalue weighted by Gasteiger charge is 2.06. The van der Waals surface area contributed by atoms with Gasteiger partial charge in [-0.2, -0.15) is 8.42 Å². The largest absolute Gasteiger partial charge is 0.286 e. The molecule has 72 valence electrons. The highest BCUT2D eigenvalue weighted by atomic mass is 32.2. The second kappa shape index (κ2) is 3.80. The monoisotopic (exact) mass is 202 g/mol. The molecule has 1 aromatic rings. The Morgan fingerprint density at radius 2 is 1.92 bits per heavy atom. The van der Waals surface area contributed by atoms with Crippen molar-refractivity contribution in [2.45, 2.75) is 13.3 Å². The highest BCUT2D eigenvalue weighted by Crippen LogP contribution is 1.96. The molecule has 1 rings (SSSR count). The van der Waals surface area contributed by atoms with Crippen LogP contribution in [0.4, 0.5) is 0 Å². The minimum Gasteiger partial charge on any atom is -0.286 e. The Labute approximate surface area is 76.6 Å². The minimum atomic E-state index is -3.91. The lowest BCUT2D eigenvalue weighted by atomic mass is 10.4. The van der Waals surface area contributed by atoms with Crippen molar-refractivity contribution in [2.24, 2.45) is 0 Å². The zero-order valence-corrected chi connectivity index (χ0v) is 7.95. The summed E-state index contributed by atoms with van der Waals surface area (Å²) in [6.07, 6.45) is 3.35. The average Bonchev–Trinajstić information content (AvgIpc) is 2.02. The molecule has 0 fully saturated rings. The molecule has 0 aromatic carbocycles. The molecule has 5 nitrogen and oxygen atoms in total. The Morgan fingerprint density at radius 1 is 1.38 bits per heavy atom. The SMILES string of the molecule is Cc1cnc(CCS(=O)(=O)O)nc1. The van der Waals surface area contributed by atoms with E-state index in [9.17, 15) is 8.42 Å². The van der Waals surface area contributed by atoms with Gasteiger partial charge in [-0.1, -0.05) is 0 Å². The van der Waals surface area contributed by atoms with Crippen LogP contribution in [0.2, 0.25) is 0 Å². The van der Waals surface area contributed by atoms with E-state index in [1.54, 1.807) is 12.4 Å². The van der Waals surface area contributed by atoms with E-state index in [0.717, 1.165) is 5.56 Å². The lowest BCUT2D eigenvalue weighted by molar-refractivity contribution is 0.482. The number of nitrogens with zero attached hydrogens (tertiary/aromatic N) is 2. The number of aromatic nitrogens is 2. The van der Waals surface area contributed by atoms with Gasteiger partial charge in [0.1, 0.15) is 5.82 Å². The fourth-order valence-electron chi connectivity index (χ4n) is 0.769. The van der Waals surface area contributed by atoms with E-state index in [-0.39, 0.29) is 12.2 Å². The van der Waals surface area contributed by atoms with E-state index >= 15 is 0 Å². The molecule has 0 saturated heterocycles. The summed E-state index contributed by atoms with van der Waals surface area (Å²) in [6, 6.07) is 0. The van der Waals surface area contributed by atoms with Gasteiger partial charge in [0.25, 0.3) is 10.1 Å². The summed E-state index contributed by atoms with van der Waals surface area (Å²) in [7, 11) is -3.91. The van der Waals surface area contributed by atoms with E-state index in [1.165, 1.54) is 0 Å². The first-order valence-electron chi connectivity index (χ1n) is 3.70. The van der Waals surface area contributed by atoms with Crippen molar-refractivity contribution in [3.8, 4) is 0 Å². The predicted octanol–water partition coefficient (Wildman–Crippen LogP) is 0.215. The Morgan fingerprint density at radius 3 is 2.38 bits per heavy atom. The fourth-order valence-corrected chi connectivity index (χ4v) is 1.21. The molecule has 0 atom stereocenters. The van der Waals surface area contributed by atoms with Gasteiger partial charge in [0, 0.05) is 18.8 Å². The van der Waals surface area contributed by atoms with E-state index in [0.29, 0.717) is 5.82 Å². The van der Waals surface area contributed by atoms with Crippen molar-refractivity contribution < 1.29 is 13.0 Å². The maximum Gasteiger partial charge on any atom is 0.265 e. The fraction of sp³-hybridized carbons (Fsp3) is 0.429. The van der Waals surface area contributed by atoms with Gasteiger partial charge >= 0.3 is 0 Å². The van der Waals surface area contributed by atoms with Gasteiger partial charge in [-0.25, -0.2) is 9.97 Å². The quantitative estimate of drug-likeness (QED) is 0.709. The second-order valence-corrected chi connectivity index (χ2v) is 4.28. The molecule has 0 saturated carbocycles. The third-order valence-electron chi connectivity index (χ3n) is 1.42. The first kappa shape index (κ1) is 10.1. The van der Waals surface area contributed by atoms with Crippen molar-refractivity contribution in [1.29, 1.82) is 0 Å². The Kier molecular flexibility index (Phi) is 2.94. The highest BCUT2D eigenvalue weighted by molar-refractivity contribution is 7.85. The zero-order chi connectivity index (χ0) is 9.90. The standard InChI is InChI=1S/C7H10N2O3S/c1-6-4-8-7(9-5-6)2-3-13(10,11)12/h4-5H,2-3H2,1H3,(H,10,11,12). The molecule has 1 N–H and O–H groups in total. The first-order chi connectivity index (χ1) is 5.97. The summed E-state index contributed by atoms with van der Waals surface area (Å²) >= 11 is 0. The minimum absolute atomic E-state index is 0.138. The van der Waals surface area contributed by atoms with E-state index < -0.39 is 10.1 Å². The summed E-state index contributed by atoms with van der Waals surface area (Å²) in [5.41, 5.74) is 0.913. The van der Waals surface area contributed by atoms with Crippen LogP contribution in [0.5, 0.6) is 0 Å². The summed E-state index contributed by atoms with van der Waals surface area (Å²) < 4.78 is 29.2. The molecular formula is C7H10N2O3S. The molecule has 0 aliphatic carbocycles. The lowest BCUT2D eigenvalue weighted by Crippen LogP contribution is -2.08. The van der Waals surface area contributed by atoms with Crippen LogP contribution in [0.3, 0.4) is 0 Å². The van der Waals surface area contributed by atoms with Gasteiger partial charge in [0.2, 0.25) is 0 Å². The van der Waals surface area contributed by atoms with Gasteiger partial charge < -0.3 is 0 Å². The van der Waals surface area contributed by atoms with Crippen molar-refractivity contribution in [2.75, 3.05) is 5.75 Å². The summed E-state index contributed by atoms with van der Waals surface area (Å²) in [5, 5.41) is 0. The molecule has 6 heteroatoms. The van der Waals surface area contributed by atoms with Crippen LogP contribution < -0.4 is 0 Å². The van der Waals surface area contributed by atoms with Gasteiger partial charge in [-0.15, -0.1) is 0 Å². The molecule has 0 aliphatic heterocycles. The van der Waals surface area contributed by atoms with Crippen LogP contribution in [-0.4, -0.2) is 28.7 Å².